The third kappa shape index (κ3) is 5.43. The van der Waals surface area contributed by atoms with Gasteiger partial charge >= 0.3 is 0 Å². The molecule has 0 radical (unpaired) electrons. The number of piperidine rings is 1. The zero-order valence-electron chi connectivity index (χ0n) is 16.0. The van der Waals surface area contributed by atoms with Crippen LogP contribution in [-0.4, -0.2) is 29.8 Å². The van der Waals surface area contributed by atoms with Gasteiger partial charge in [-0.3, -0.25) is 9.59 Å². The van der Waals surface area contributed by atoms with Crippen molar-refractivity contribution in [2.75, 3.05) is 18.4 Å². The topological polar surface area (TPSA) is 49.4 Å². The van der Waals surface area contributed by atoms with Crippen molar-refractivity contribution in [2.45, 2.75) is 39.0 Å². The van der Waals surface area contributed by atoms with Crippen molar-refractivity contribution in [3.8, 4) is 0 Å². The minimum atomic E-state index is 0.0750. The lowest BCUT2D eigenvalue weighted by molar-refractivity contribution is -0.116. The molecule has 2 aromatic rings. The molecule has 1 N–H and O–H groups in total. The number of nitrogens with one attached hydrogen (secondary N) is 1. The van der Waals surface area contributed by atoms with Crippen molar-refractivity contribution in [3.05, 3.63) is 65.7 Å². The SMILES string of the molecule is CCc1cccc(NC(=O)CCC2CCN(C(=O)c3ccccc3)CC2)c1. The lowest BCUT2D eigenvalue weighted by Gasteiger charge is -2.32. The standard InChI is InChI=1S/C23H28N2O2/c1-2-18-7-6-10-21(17-18)24-22(26)12-11-19-13-15-25(16-14-19)23(27)20-8-4-3-5-9-20/h3-10,17,19H,2,11-16H2,1H3,(H,24,26). The lowest BCUT2D eigenvalue weighted by atomic mass is 9.91. The average molecular weight is 364 g/mol. The quantitative estimate of drug-likeness (QED) is 0.819. The highest BCUT2D eigenvalue weighted by atomic mass is 16.2. The molecule has 0 bridgehead atoms. The molecular weight excluding hydrogens is 336 g/mol. The summed E-state index contributed by atoms with van der Waals surface area (Å²) in [5.74, 6) is 0.700. The van der Waals surface area contributed by atoms with Gasteiger partial charge in [0.05, 0.1) is 0 Å². The fourth-order valence-electron chi connectivity index (χ4n) is 3.62. The summed E-state index contributed by atoms with van der Waals surface area (Å²) >= 11 is 0. The van der Waals surface area contributed by atoms with Gasteiger partial charge in [0.15, 0.2) is 0 Å². The predicted molar refractivity (Wildman–Crippen MR) is 109 cm³/mol. The van der Waals surface area contributed by atoms with E-state index in [0.29, 0.717) is 12.3 Å². The number of benzene rings is 2. The van der Waals surface area contributed by atoms with E-state index in [0.717, 1.165) is 50.0 Å². The van der Waals surface area contributed by atoms with E-state index in [2.05, 4.69) is 18.3 Å². The first kappa shape index (κ1) is 19.2. The van der Waals surface area contributed by atoms with Crippen molar-refractivity contribution in [2.24, 2.45) is 5.92 Å². The summed E-state index contributed by atoms with van der Waals surface area (Å²) in [4.78, 5) is 26.7. The molecule has 4 nitrogen and oxygen atoms in total. The van der Waals surface area contributed by atoms with E-state index in [4.69, 9.17) is 0 Å². The predicted octanol–water partition coefficient (Wildman–Crippen LogP) is 4.52. The van der Waals surface area contributed by atoms with Crippen LogP contribution in [-0.2, 0) is 11.2 Å². The van der Waals surface area contributed by atoms with E-state index < -0.39 is 0 Å². The second-order valence-corrected chi connectivity index (χ2v) is 7.24. The van der Waals surface area contributed by atoms with Gasteiger partial charge in [0.25, 0.3) is 5.91 Å². The van der Waals surface area contributed by atoms with Crippen LogP contribution in [0.25, 0.3) is 0 Å². The Balaban J connectivity index is 1.41. The monoisotopic (exact) mass is 364 g/mol. The maximum absolute atomic E-state index is 12.5. The summed E-state index contributed by atoms with van der Waals surface area (Å²) in [6.07, 6.45) is 4.32. The summed E-state index contributed by atoms with van der Waals surface area (Å²) < 4.78 is 0. The third-order valence-corrected chi connectivity index (χ3v) is 5.32. The Bertz CT molecular complexity index is 765. The van der Waals surface area contributed by atoms with Gasteiger partial charge in [-0.1, -0.05) is 37.3 Å². The zero-order valence-corrected chi connectivity index (χ0v) is 16.0. The van der Waals surface area contributed by atoms with Gasteiger partial charge in [-0.05, 0) is 61.4 Å². The summed E-state index contributed by atoms with van der Waals surface area (Å²) in [5, 5.41) is 3.00. The fraction of sp³-hybridized carbons (Fsp3) is 0.391. The number of carbonyl (C=O) groups excluding carboxylic acids is 2. The van der Waals surface area contributed by atoms with Crippen LogP contribution in [0, 0.1) is 5.92 Å². The Morgan fingerprint density at radius 3 is 2.48 bits per heavy atom. The normalized spacial score (nSPS) is 14.8. The number of likely N-dealkylation sites (tertiary alicyclic amines) is 1. The number of hydrogen-bond donors (Lipinski definition) is 1. The van der Waals surface area contributed by atoms with E-state index >= 15 is 0 Å². The Hall–Kier alpha value is -2.62. The van der Waals surface area contributed by atoms with E-state index in [-0.39, 0.29) is 11.8 Å². The number of carbonyl (C=O) groups is 2. The highest BCUT2D eigenvalue weighted by Crippen LogP contribution is 2.23. The second kappa shape index (κ2) is 9.36. The molecule has 142 valence electrons. The summed E-state index contributed by atoms with van der Waals surface area (Å²) in [7, 11) is 0. The number of aryl methyl sites for hydroxylation is 1. The molecular formula is C23H28N2O2. The molecule has 1 fully saturated rings. The Kier molecular flexibility index (Phi) is 6.64. The first-order valence-electron chi connectivity index (χ1n) is 9.89. The first-order valence-corrected chi connectivity index (χ1v) is 9.89. The number of rotatable bonds is 6. The molecule has 4 heteroatoms. The molecule has 1 aliphatic heterocycles. The molecule has 1 saturated heterocycles. The molecule has 0 saturated carbocycles. The van der Waals surface area contributed by atoms with Crippen molar-refractivity contribution in [3.63, 3.8) is 0 Å². The molecule has 0 aromatic heterocycles. The highest BCUT2D eigenvalue weighted by Gasteiger charge is 2.23. The van der Waals surface area contributed by atoms with E-state index in [1.807, 2.05) is 53.4 Å². The Morgan fingerprint density at radius 2 is 1.78 bits per heavy atom. The van der Waals surface area contributed by atoms with E-state index in [9.17, 15) is 9.59 Å². The van der Waals surface area contributed by atoms with Crippen molar-refractivity contribution in [1.29, 1.82) is 0 Å². The number of hydrogen-bond acceptors (Lipinski definition) is 2. The van der Waals surface area contributed by atoms with Crippen LogP contribution in [0.15, 0.2) is 54.6 Å². The van der Waals surface area contributed by atoms with Crippen molar-refractivity contribution in [1.82, 2.24) is 4.90 Å². The number of anilines is 1. The molecule has 3 rings (SSSR count). The third-order valence-electron chi connectivity index (χ3n) is 5.32. The largest absolute Gasteiger partial charge is 0.339 e. The van der Waals surface area contributed by atoms with E-state index in [1.165, 1.54) is 5.56 Å². The van der Waals surface area contributed by atoms with Gasteiger partial charge in [0.2, 0.25) is 5.91 Å². The molecule has 27 heavy (non-hydrogen) atoms. The summed E-state index contributed by atoms with van der Waals surface area (Å²) in [5.41, 5.74) is 2.86. The average Bonchev–Trinajstić information content (AvgIpc) is 2.73. The van der Waals surface area contributed by atoms with Gasteiger partial charge in [0.1, 0.15) is 0 Å². The molecule has 2 aromatic carbocycles. The van der Waals surface area contributed by atoms with Crippen LogP contribution < -0.4 is 5.32 Å². The van der Waals surface area contributed by atoms with Crippen LogP contribution in [0.4, 0.5) is 5.69 Å². The minimum Gasteiger partial charge on any atom is -0.339 e. The van der Waals surface area contributed by atoms with Crippen LogP contribution in [0.3, 0.4) is 0 Å². The van der Waals surface area contributed by atoms with Gasteiger partial charge in [-0.2, -0.15) is 0 Å². The number of amides is 2. The van der Waals surface area contributed by atoms with Gasteiger partial charge in [-0.25, -0.2) is 0 Å². The molecule has 0 spiro atoms. The van der Waals surface area contributed by atoms with Gasteiger partial charge < -0.3 is 10.2 Å². The Morgan fingerprint density at radius 1 is 1.04 bits per heavy atom. The van der Waals surface area contributed by atoms with Crippen molar-refractivity contribution >= 4 is 17.5 Å². The van der Waals surface area contributed by atoms with Crippen LogP contribution in [0.2, 0.25) is 0 Å². The molecule has 1 heterocycles. The van der Waals surface area contributed by atoms with Gasteiger partial charge in [0, 0.05) is 30.8 Å². The van der Waals surface area contributed by atoms with Crippen LogP contribution in [0.5, 0.6) is 0 Å². The maximum atomic E-state index is 12.5. The molecule has 2 amide bonds. The smallest absolute Gasteiger partial charge is 0.253 e. The molecule has 1 aliphatic rings. The number of nitrogens with zero attached hydrogens (tertiary/aromatic N) is 1. The van der Waals surface area contributed by atoms with E-state index in [1.54, 1.807) is 0 Å². The van der Waals surface area contributed by atoms with Gasteiger partial charge in [-0.15, -0.1) is 0 Å². The second-order valence-electron chi connectivity index (χ2n) is 7.24. The van der Waals surface area contributed by atoms with Crippen molar-refractivity contribution < 1.29 is 9.59 Å². The lowest BCUT2D eigenvalue weighted by Crippen LogP contribution is -2.38. The van der Waals surface area contributed by atoms with Crippen LogP contribution in [0.1, 0.15) is 48.5 Å². The Labute approximate surface area is 161 Å². The summed E-state index contributed by atoms with van der Waals surface area (Å²) in [6, 6.07) is 17.5. The first-order chi connectivity index (χ1) is 13.2. The fourth-order valence-corrected chi connectivity index (χ4v) is 3.62. The van der Waals surface area contributed by atoms with Crippen LogP contribution >= 0.6 is 0 Å². The maximum Gasteiger partial charge on any atom is 0.253 e. The molecule has 0 unspecified atom stereocenters. The molecule has 0 atom stereocenters. The highest BCUT2D eigenvalue weighted by molar-refractivity contribution is 5.94. The molecule has 0 aliphatic carbocycles. The minimum absolute atomic E-state index is 0.0750. The summed E-state index contributed by atoms with van der Waals surface area (Å²) in [6.45, 7) is 3.66. The zero-order chi connectivity index (χ0) is 19.1.